The third-order valence-corrected chi connectivity index (χ3v) is 2.90. The largest absolute Gasteiger partial charge is 0.451 e. The molecule has 1 aromatic carbocycles. The number of nitrogens with one attached hydrogen (secondary N) is 1. The summed E-state index contributed by atoms with van der Waals surface area (Å²) in [7, 11) is 0. The van der Waals surface area contributed by atoms with Crippen molar-refractivity contribution in [3.8, 4) is 11.3 Å². The van der Waals surface area contributed by atoms with Crippen LogP contribution in [-0.4, -0.2) is 5.91 Å². The average molecular weight is 251 g/mol. The Hall–Kier alpha value is -1.78. The molecule has 2 aromatic rings. The van der Waals surface area contributed by atoms with Crippen LogP contribution in [0.1, 0.15) is 16.1 Å². The van der Waals surface area contributed by atoms with Gasteiger partial charge in [0.25, 0.3) is 0 Å². The number of hydrazine groups is 1. The average Bonchev–Trinajstić information content (AvgIpc) is 2.81. The molecule has 0 fully saturated rings. The minimum Gasteiger partial charge on any atom is -0.451 e. The predicted octanol–water partition coefficient (Wildman–Crippen LogP) is 2.51. The number of halogens is 1. The molecule has 3 N–H and O–H groups in total. The second kappa shape index (κ2) is 4.61. The van der Waals surface area contributed by atoms with Crippen LogP contribution in [0.4, 0.5) is 0 Å². The number of nitrogen functional groups attached to an aromatic ring is 1. The second-order valence-electron chi connectivity index (χ2n) is 3.55. The number of carbonyl (C=O) groups is 1. The van der Waals surface area contributed by atoms with Crippen molar-refractivity contribution >= 4 is 17.5 Å². The van der Waals surface area contributed by atoms with E-state index in [1.807, 2.05) is 24.5 Å². The van der Waals surface area contributed by atoms with E-state index in [4.69, 9.17) is 21.9 Å². The van der Waals surface area contributed by atoms with Crippen molar-refractivity contribution in [1.82, 2.24) is 5.43 Å². The molecule has 0 aliphatic heterocycles. The topological polar surface area (TPSA) is 68.3 Å². The Morgan fingerprint density at radius 2 is 2.12 bits per heavy atom. The summed E-state index contributed by atoms with van der Waals surface area (Å²) in [6.45, 7) is 1.89. The summed E-state index contributed by atoms with van der Waals surface area (Å²) < 4.78 is 5.41. The molecule has 0 bridgehead atoms. The molecular formula is C12H11ClN2O2. The Kier molecular flexibility index (Phi) is 3.17. The molecule has 0 atom stereocenters. The predicted molar refractivity (Wildman–Crippen MR) is 65.5 cm³/mol. The number of furan rings is 1. The van der Waals surface area contributed by atoms with E-state index in [2.05, 4.69) is 0 Å². The number of hydrogen-bond acceptors (Lipinski definition) is 3. The van der Waals surface area contributed by atoms with Crippen LogP contribution in [0, 0.1) is 6.92 Å². The first-order valence-electron chi connectivity index (χ1n) is 4.99. The fourth-order valence-electron chi connectivity index (χ4n) is 1.55. The van der Waals surface area contributed by atoms with Crippen molar-refractivity contribution in [2.24, 2.45) is 5.84 Å². The number of hydrogen-bond donors (Lipinski definition) is 2. The van der Waals surface area contributed by atoms with Gasteiger partial charge in [-0.05, 0) is 30.7 Å². The van der Waals surface area contributed by atoms with Crippen LogP contribution in [0.25, 0.3) is 11.3 Å². The van der Waals surface area contributed by atoms with Crippen LogP contribution in [-0.2, 0) is 0 Å². The molecule has 1 heterocycles. The lowest BCUT2D eigenvalue weighted by molar-refractivity contribution is 0.0927. The van der Waals surface area contributed by atoms with Crippen molar-refractivity contribution in [3.63, 3.8) is 0 Å². The Morgan fingerprint density at radius 3 is 2.82 bits per heavy atom. The van der Waals surface area contributed by atoms with Gasteiger partial charge in [0.2, 0.25) is 0 Å². The lowest BCUT2D eigenvalue weighted by Gasteiger charge is -2.04. The van der Waals surface area contributed by atoms with E-state index < -0.39 is 5.91 Å². The molecule has 0 saturated carbocycles. The van der Waals surface area contributed by atoms with Gasteiger partial charge in [0.15, 0.2) is 5.76 Å². The highest BCUT2D eigenvalue weighted by Crippen LogP contribution is 2.29. The van der Waals surface area contributed by atoms with Crippen LogP contribution in [0.3, 0.4) is 0 Å². The lowest BCUT2D eigenvalue weighted by Crippen LogP contribution is -2.29. The molecule has 2 rings (SSSR count). The molecule has 88 valence electrons. The van der Waals surface area contributed by atoms with E-state index in [0.717, 1.165) is 11.1 Å². The van der Waals surface area contributed by atoms with Crippen LogP contribution < -0.4 is 11.3 Å². The summed E-state index contributed by atoms with van der Waals surface area (Å²) in [5.41, 5.74) is 3.77. The third kappa shape index (κ3) is 2.18. The third-order valence-electron chi connectivity index (χ3n) is 2.49. The molecule has 1 amide bonds. The summed E-state index contributed by atoms with van der Waals surface area (Å²) in [5, 5.41) is 0.656. The second-order valence-corrected chi connectivity index (χ2v) is 3.96. The smallest absolute Gasteiger partial charge is 0.300 e. The van der Waals surface area contributed by atoms with Gasteiger partial charge in [-0.15, -0.1) is 0 Å². The van der Waals surface area contributed by atoms with Crippen molar-refractivity contribution in [2.45, 2.75) is 6.92 Å². The molecule has 0 radical (unpaired) electrons. The highest BCUT2D eigenvalue weighted by atomic mass is 35.5. The summed E-state index contributed by atoms with van der Waals surface area (Å²) in [5.74, 6) is 5.32. The van der Waals surface area contributed by atoms with Gasteiger partial charge in [-0.2, -0.15) is 0 Å². The highest BCUT2D eigenvalue weighted by Gasteiger charge is 2.12. The van der Waals surface area contributed by atoms with Crippen LogP contribution >= 0.6 is 11.6 Å². The van der Waals surface area contributed by atoms with Gasteiger partial charge in [0.1, 0.15) is 5.76 Å². The zero-order chi connectivity index (χ0) is 12.4. The molecule has 5 heteroatoms. The zero-order valence-electron chi connectivity index (χ0n) is 9.16. The molecule has 0 unspecified atom stereocenters. The van der Waals surface area contributed by atoms with Crippen molar-refractivity contribution in [2.75, 3.05) is 0 Å². The van der Waals surface area contributed by atoms with Crippen molar-refractivity contribution in [1.29, 1.82) is 0 Å². The van der Waals surface area contributed by atoms with Gasteiger partial charge in [0.05, 0.1) is 0 Å². The van der Waals surface area contributed by atoms with Gasteiger partial charge in [-0.1, -0.05) is 23.7 Å². The highest BCUT2D eigenvalue weighted by molar-refractivity contribution is 6.31. The Labute approximate surface area is 103 Å². The lowest BCUT2D eigenvalue weighted by atomic mass is 10.1. The first kappa shape index (κ1) is 11.7. The molecule has 0 spiro atoms. The van der Waals surface area contributed by atoms with E-state index >= 15 is 0 Å². The Morgan fingerprint density at radius 1 is 1.35 bits per heavy atom. The molecule has 4 nitrogen and oxygen atoms in total. The summed E-state index contributed by atoms with van der Waals surface area (Å²) in [4.78, 5) is 11.3. The first-order valence-corrected chi connectivity index (χ1v) is 5.37. The van der Waals surface area contributed by atoms with E-state index in [9.17, 15) is 4.79 Å². The quantitative estimate of drug-likeness (QED) is 0.489. The number of rotatable bonds is 2. The summed E-state index contributed by atoms with van der Waals surface area (Å²) in [6.07, 6.45) is 0. The van der Waals surface area contributed by atoms with E-state index in [0.29, 0.717) is 10.8 Å². The first-order chi connectivity index (χ1) is 8.13. The minimum atomic E-state index is -0.462. The monoisotopic (exact) mass is 250 g/mol. The number of benzene rings is 1. The fourth-order valence-corrected chi connectivity index (χ4v) is 1.72. The summed E-state index contributed by atoms with van der Waals surface area (Å²) >= 11 is 6.02. The maximum Gasteiger partial charge on any atom is 0.300 e. The number of nitrogens with two attached hydrogens (primary N) is 1. The van der Waals surface area contributed by atoms with E-state index in [1.165, 1.54) is 0 Å². The Balaban J connectivity index is 2.44. The molecular weight excluding hydrogens is 240 g/mol. The SMILES string of the molecule is Cc1c(Cl)cccc1-c1ccc(C(=O)NN)o1. The Bertz CT molecular complexity index is 563. The summed E-state index contributed by atoms with van der Waals surface area (Å²) in [6, 6.07) is 8.79. The zero-order valence-corrected chi connectivity index (χ0v) is 9.91. The normalized spacial score (nSPS) is 10.3. The standard InChI is InChI=1S/C12H11ClN2O2/c1-7-8(3-2-4-9(7)13)10-5-6-11(17-10)12(16)15-14/h2-6H,14H2,1H3,(H,15,16). The molecule has 0 aliphatic carbocycles. The number of amides is 1. The number of carbonyl (C=O) groups excluding carboxylic acids is 1. The van der Waals surface area contributed by atoms with Crippen LogP contribution in [0.5, 0.6) is 0 Å². The van der Waals surface area contributed by atoms with Crippen LogP contribution in [0.2, 0.25) is 5.02 Å². The van der Waals surface area contributed by atoms with Gasteiger partial charge in [-0.25, -0.2) is 5.84 Å². The van der Waals surface area contributed by atoms with Crippen molar-refractivity contribution in [3.05, 3.63) is 46.7 Å². The fraction of sp³-hybridized carbons (Fsp3) is 0.0833. The van der Waals surface area contributed by atoms with Crippen molar-refractivity contribution < 1.29 is 9.21 Å². The maximum atomic E-state index is 11.3. The van der Waals surface area contributed by atoms with Crippen LogP contribution in [0.15, 0.2) is 34.7 Å². The van der Waals surface area contributed by atoms with E-state index in [1.54, 1.807) is 18.2 Å². The minimum absolute atomic E-state index is 0.168. The maximum absolute atomic E-state index is 11.3. The van der Waals surface area contributed by atoms with Gasteiger partial charge in [0, 0.05) is 10.6 Å². The van der Waals surface area contributed by atoms with Gasteiger partial charge >= 0.3 is 5.91 Å². The molecule has 17 heavy (non-hydrogen) atoms. The molecule has 0 aliphatic rings. The molecule has 1 aromatic heterocycles. The van der Waals surface area contributed by atoms with Gasteiger partial charge < -0.3 is 4.42 Å². The van der Waals surface area contributed by atoms with Gasteiger partial charge in [-0.3, -0.25) is 10.2 Å². The molecule has 0 saturated heterocycles. The van der Waals surface area contributed by atoms with E-state index in [-0.39, 0.29) is 5.76 Å².